The van der Waals surface area contributed by atoms with Gasteiger partial charge in [0.15, 0.2) is 0 Å². The largest absolute Gasteiger partial charge is 0.573 e. The third kappa shape index (κ3) is 7.07. The van der Waals surface area contributed by atoms with E-state index in [9.17, 15) is 26.0 Å². The van der Waals surface area contributed by atoms with Crippen molar-refractivity contribution in [3.05, 3.63) is 90.4 Å². The van der Waals surface area contributed by atoms with Gasteiger partial charge in [0.2, 0.25) is 5.95 Å². The van der Waals surface area contributed by atoms with Crippen molar-refractivity contribution >= 4 is 38.9 Å². The minimum absolute atomic E-state index is 0.108. The molecule has 0 saturated carbocycles. The fraction of sp³-hybridized carbons (Fsp3) is 0.0833. The van der Waals surface area contributed by atoms with Gasteiger partial charge in [-0.25, -0.2) is 17.8 Å². The number of aromatic nitrogens is 2. The Hall–Kier alpha value is -4.39. The summed E-state index contributed by atoms with van der Waals surface area (Å²) in [6.07, 6.45) is -5.05. The molecule has 4 rings (SSSR count). The number of ether oxygens (including phenoxy) is 1. The third-order valence-corrected chi connectivity index (χ3v) is 6.15. The topological polar surface area (TPSA) is 105 Å². The van der Waals surface area contributed by atoms with Gasteiger partial charge in [-0.2, -0.15) is 4.98 Å². The van der Waals surface area contributed by atoms with E-state index in [2.05, 4.69) is 30.1 Å². The van der Waals surface area contributed by atoms with E-state index in [1.807, 2.05) is 0 Å². The maximum Gasteiger partial charge on any atom is 0.573 e. The summed E-state index contributed by atoms with van der Waals surface area (Å²) in [6.45, 7) is 1.76. The van der Waals surface area contributed by atoms with Crippen LogP contribution in [0.4, 0.5) is 46.4 Å². The van der Waals surface area contributed by atoms with Crippen molar-refractivity contribution in [1.29, 1.82) is 0 Å². The van der Waals surface area contributed by atoms with Crippen LogP contribution in [0.2, 0.25) is 0 Å². The molecule has 0 unspecified atom stereocenters. The summed E-state index contributed by atoms with van der Waals surface area (Å²) in [4.78, 5) is 8.01. The minimum atomic E-state index is -5.05. The zero-order chi connectivity index (χ0) is 26.6. The first-order chi connectivity index (χ1) is 17.5. The molecule has 0 amide bonds. The predicted molar refractivity (Wildman–Crippen MR) is 130 cm³/mol. The molecule has 192 valence electrons. The molecule has 0 aliphatic rings. The van der Waals surface area contributed by atoms with Crippen molar-refractivity contribution in [1.82, 2.24) is 9.97 Å². The quantitative estimate of drug-likeness (QED) is 0.235. The van der Waals surface area contributed by atoms with Gasteiger partial charge in [0.05, 0.1) is 0 Å². The van der Waals surface area contributed by atoms with Crippen LogP contribution in [0.1, 0.15) is 5.69 Å². The van der Waals surface area contributed by atoms with Gasteiger partial charge >= 0.3 is 6.36 Å². The van der Waals surface area contributed by atoms with Gasteiger partial charge in [0.25, 0.3) is 10.0 Å². The number of hydrogen-bond acceptors (Lipinski definition) is 7. The zero-order valence-electron chi connectivity index (χ0n) is 19.0. The van der Waals surface area contributed by atoms with E-state index in [1.165, 1.54) is 48.5 Å². The Balaban J connectivity index is 1.47. The first kappa shape index (κ1) is 25.7. The highest BCUT2D eigenvalue weighted by molar-refractivity contribution is 7.92. The summed E-state index contributed by atoms with van der Waals surface area (Å²) < 4.78 is 82.6. The van der Waals surface area contributed by atoms with Crippen LogP contribution in [-0.4, -0.2) is 24.7 Å². The number of halogens is 4. The van der Waals surface area contributed by atoms with Crippen molar-refractivity contribution in [2.75, 3.05) is 15.4 Å². The monoisotopic (exact) mass is 533 g/mol. The molecule has 0 aliphatic heterocycles. The maximum atomic E-state index is 13.1. The van der Waals surface area contributed by atoms with Crippen molar-refractivity contribution in [3.63, 3.8) is 0 Å². The van der Waals surface area contributed by atoms with Crippen LogP contribution in [0.25, 0.3) is 0 Å². The third-order valence-electron chi connectivity index (χ3n) is 4.73. The first-order valence-electron chi connectivity index (χ1n) is 10.6. The molecule has 0 aliphatic carbocycles. The Labute approximate surface area is 209 Å². The molecular weight excluding hydrogens is 514 g/mol. The molecule has 0 radical (unpaired) electrons. The van der Waals surface area contributed by atoms with E-state index in [0.717, 1.165) is 12.1 Å². The summed E-state index contributed by atoms with van der Waals surface area (Å²) in [5.74, 6) is -0.499. The van der Waals surface area contributed by atoms with Crippen molar-refractivity contribution in [3.8, 4) is 5.75 Å². The molecule has 8 nitrogen and oxygen atoms in total. The Kier molecular flexibility index (Phi) is 7.16. The second kappa shape index (κ2) is 10.3. The van der Waals surface area contributed by atoms with Crippen LogP contribution in [0.15, 0.2) is 83.8 Å². The molecule has 3 N–H and O–H groups in total. The Morgan fingerprint density at radius 1 is 0.811 bits per heavy atom. The van der Waals surface area contributed by atoms with Gasteiger partial charge in [0.1, 0.15) is 22.3 Å². The standard InChI is InChI=1S/C24H19F4N5O3S/c1-15-14-22(30-17-8-6-16(25)7-9-17)32-23(29-15)31-18-10-12-19(13-11-18)33-37(34,35)21-5-3-2-4-20(21)36-24(26,27)28/h2-14,33H,1H3,(H2,29,30,31,32). The molecule has 0 saturated heterocycles. The lowest BCUT2D eigenvalue weighted by Gasteiger charge is -2.14. The SMILES string of the molecule is Cc1cc(Nc2ccc(F)cc2)nc(Nc2ccc(NS(=O)(=O)c3ccccc3OC(F)(F)F)cc2)n1. The molecular formula is C24H19F4N5O3S. The average Bonchev–Trinajstić information content (AvgIpc) is 2.80. The summed E-state index contributed by atoms with van der Waals surface area (Å²) >= 11 is 0. The van der Waals surface area contributed by atoms with Gasteiger partial charge in [-0.1, -0.05) is 12.1 Å². The molecule has 1 heterocycles. The van der Waals surface area contributed by atoms with E-state index in [-0.39, 0.29) is 17.5 Å². The normalized spacial score (nSPS) is 11.6. The molecule has 1 aromatic heterocycles. The highest BCUT2D eigenvalue weighted by Gasteiger charge is 2.34. The zero-order valence-corrected chi connectivity index (χ0v) is 19.9. The van der Waals surface area contributed by atoms with Gasteiger partial charge in [-0.05, 0) is 67.6 Å². The smallest absolute Gasteiger partial charge is 0.404 e. The summed E-state index contributed by atoms with van der Waals surface area (Å²) in [5.41, 5.74) is 1.90. The highest BCUT2D eigenvalue weighted by Crippen LogP contribution is 2.31. The molecule has 37 heavy (non-hydrogen) atoms. The summed E-state index contributed by atoms with van der Waals surface area (Å²) in [6, 6.07) is 17.8. The number of alkyl halides is 3. The van der Waals surface area contributed by atoms with Gasteiger partial charge < -0.3 is 15.4 Å². The number of aryl methyl sites for hydroxylation is 1. The van der Waals surface area contributed by atoms with Gasteiger partial charge in [-0.3, -0.25) is 4.72 Å². The van der Waals surface area contributed by atoms with Crippen LogP contribution in [0, 0.1) is 12.7 Å². The molecule has 0 bridgehead atoms. The molecule has 0 spiro atoms. The van der Waals surface area contributed by atoms with E-state index in [4.69, 9.17) is 0 Å². The van der Waals surface area contributed by atoms with E-state index in [1.54, 1.807) is 25.1 Å². The lowest BCUT2D eigenvalue weighted by atomic mass is 10.3. The molecule has 3 aromatic carbocycles. The van der Waals surface area contributed by atoms with Crippen LogP contribution >= 0.6 is 0 Å². The maximum absolute atomic E-state index is 13.1. The van der Waals surface area contributed by atoms with Crippen LogP contribution in [0.5, 0.6) is 5.75 Å². The number of sulfonamides is 1. The summed E-state index contributed by atoms with van der Waals surface area (Å²) in [7, 11) is -4.38. The second-order valence-corrected chi connectivity index (χ2v) is 9.30. The number of nitrogens with one attached hydrogen (secondary N) is 3. The number of para-hydroxylation sites is 1. The molecule has 0 atom stereocenters. The van der Waals surface area contributed by atoms with Crippen LogP contribution in [0.3, 0.4) is 0 Å². The Morgan fingerprint density at radius 2 is 1.41 bits per heavy atom. The summed E-state index contributed by atoms with van der Waals surface area (Å²) in [5, 5.41) is 6.04. The van der Waals surface area contributed by atoms with Crippen molar-refractivity contribution < 1.29 is 30.7 Å². The molecule has 4 aromatic rings. The van der Waals surface area contributed by atoms with Crippen LogP contribution < -0.4 is 20.1 Å². The lowest BCUT2D eigenvalue weighted by Crippen LogP contribution is -2.20. The average molecular weight is 534 g/mol. The lowest BCUT2D eigenvalue weighted by molar-refractivity contribution is -0.275. The number of anilines is 5. The first-order valence-corrected chi connectivity index (χ1v) is 12.1. The van der Waals surface area contributed by atoms with Crippen molar-refractivity contribution in [2.45, 2.75) is 18.2 Å². The van der Waals surface area contributed by atoms with Crippen molar-refractivity contribution in [2.24, 2.45) is 0 Å². The Bertz CT molecular complexity index is 1500. The minimum Gasteiger partial charge on any atom is -0.404 e. The number of hydrogen-bond donors (Lipinski definition) is 3. The fourth-order valence-corrected chi connectivity index (χ4v) is 4.40. The number of rotatable bonds is 8. The second-order valence-electron chi connectivity index (χ2n) is 7.65. The molecule has 0 fully saturated rings. The predicted octanol–water partition coefficient (Wildman–Crippen LogP) is 6.11. The Morgan fingerprint density at radius 3 is 2.08 bits per heavy atom. The van der Waals surface area contributed by atoms with E-state index >= 15 is 0 Å². The fourth-order valence-electron chi connectivity index (χ4n) is 3.21. The van der Waals surface area contributed by atoms with Gasteiger partial charge in [-0.15, -0.1) is 13.2 Å². The molecule has 13 heteroatoms. The van der Waals surface area contributed by atoms with E-state index in [0.29, 0.717) is 22.9 Å². The highest BCUT2D eigenvalue weighted by atomic mass is 32.2. The van der Waals surface area contributed by atoms with Crippen LogP contribution in [-0.2, 0) is 10.0 Å². The number of benzene rings is 3. The number of nitrogens with zero attached hydrogens (tertiary/aromatic N) is 2. The van der Waals surface area contributed by atoms with Gasteiger partial charge in [0, 0.05) is 28.8 Å². The van der Waals surface area contributed by atoms with E-state index < -0.39 is 27.0 Å².